The summed E-state index contributed by atoms with van der Waals surface area (Å²) in [4.78, 5) is 0. The highest BCUT2D eigenvalue weighted by Gasteiger charge is 2.24. The molecule has 0 aliphatic heterocycles. The number of halogens is 1. The predicted molar refractivity (Wildman–Crippen MR) is 138 cm³/mol. The van der Waals surface area contributed by atoms with E-state index in [1.807, 2.05) is 43.3 Å². The van der Waals surface area contributed by atoms with E-state index in [0.717, 1.165) is 22.4 Å². The summed E-state index contributed by atoms with van der Waals surface area (Å²) in [6.07, 6.45) is 0. The van der Waals surface area contributed by atoms with E-state index >= 15 is 4.39 Å². The number of fused-ring (bicyclic) bond motifs is 1. The van der Waals surface area contributed by atoms with E-state index in [1.54, 1.807) is 6.07 Å². The molecule has 1 heterocycles. The first-order valence-corrected chi connectivity index (χ1v) is 12.0. The van der Waals surface area contributed by atoms with E-state index < -0.39 is 0 Å². The Balaban J connectivity index is 1.97. The number of benzene rings is 3. The van der Waals surface area contributed by atoms with Crippen LogP contribution in [0.5, 0.6) is 0 Å². The van der Waals surface area contributed by atoms with Crippen LogP contribution in [0.4, 0.5) is 4.39 Å². The fourth-order valence-corrected chi connectivity index (χ4v) is 5.43. The van der Waals surface area contributed by atoms with Gasteiger partial charge in [0.1, 0.15) is 12.9 Å². The molecule has 0 unspecified atom stereocenters. The highest BCUT2D eigenvalue weighted by molar-refractivity contribution is 5.95. The van der Waals surface area contributed by atoms with E-state index in [0.29, 0.717) is 23.3 Å². The molecule has 0 N–H and O–H groups in total. The molecule has 1 nitrogen and oxygen atoms in total. The first-order chi connectivity index (χ1) is 15.7. The molecule has 1 aromatic heterocycles. The van der Waals surface area contributed by atoms with Gasteiger partial charge >= 0.3 is 0 Å². The quantitative estimate of drug-likeness (QED) is 0.276. The van der Waals surface area contributed by atoms with Gasteiger partial charge in [-0.3, -0.25) is 0 Å². The third-order valence-corrected chi connectivity index (χ3v) is 7.03. The predicted octanol–water partition coefficient (Wildman–Crippen LogP) is 8.15. The van der Waals surface area contributed by atoms with E-state index in [9.17, 15) is 0 Å². The van der Waals surface area contributed by atoms with E-state index in [1.165, 1.54) is 22.0 Å². The molecule has 0 amide bonds. The van der Waals surface area contributed by atoms with Crippen LogP contribution >= 0.6 is 0 Å². The molecular weight excluding hydrogens is 405 g/mol. The van der Waals surface area contributed by atoms with Crippen LogP contribution in [0.15, 0.2) is 66.7 Å². The van der Waals surface area contributed by atoms with Gasteiger partial charge in [0.15, 0.2) is 5.69 Å². The Morgan fingerprint density at radius 2 is 1.42 bits per heavy atom. The third-order valence-electron chi connectivity index (χ3n) is 7.03. The van der Waals surface area contributed by atoms with Crippen molar-refractivity contribution >= 4 is 10.8 Å². The maximum Gasteiger partial charge on any atom is 0.220 e. The summed E-state index contributed by atoms with van der Waals surface area (Å²) in [5.41, 5.74) is 7.27. The second kappa shape index (κ2) is 9.09. The van der Waals surface area contributed by atoms with Gasteiger partial charge in [-0.25, -0.2) is 4.39 Å². The van der Waals surface area contributed by atoms with Crippen molar-refractivity contribution in [2.24, 2.45) is 18.9 Å². The number of hydrogen-bond acceptors (Lipinski definition) is 0. The molecule has 0 bridgehead atoms. The van der Waals surface area contributed by atoms with Gasteiger partial charge in [-0.2, -0.15) is 4.57 Å². The average molecular weight is 441 g/mol. The van der Waals surface area contributed by atoms with E-state index in [2.05, 4.69) is 70.5 Å². The first kappa shape index (κ1) is 23.2. The van der Waals surface area contributed by atoms with Gasteiger partial charge in [0.2, 0.25) is 5.69 Å². The SMILES string of the molecule is Cc1cc(F)c(-c2ccccc2)cc1-c1c2ccc(C(C(C)C)C(C)C)cc2cc(C)[n+]1C. The smallest absolute Gasteiger partial charge is 0.206 e. The van der Waals surface area contributed by atoms with Crippen LogP contribution in [0.2, 0.25) is 0 Å². The molecule has 0 atom stereocenters. The zero-order chi connectivity index (χ0) is 23.9. The molecule has 0 radical (unpaired) electrons. The highest BCUT2D eigenvalue weighted by atomic mass is 19.1. The second-order valence-electron chi connectivity index (χ2n) is 10.1. The minimum Gasteiger partial charge on any atom is -0.206 e. The molecule has 0 aliphatic rings. The fraction of sp³-hybridized carbons (Fsp3) is 0.323. The minimum atomic E-state index is -0.180. The number of aromatic nitrogens is 1. The maximum atomic E-state index is 15.0. The fourth-order valence-electron chi connectivity index (χ4n) is 5.43. The Bertz CT molecular complexity index is 1290. The normalized spacial score (nSPS) is 11.8. The van der Waals surface area contributed by atoms with Gasteiger partial charge in [-0.05, 0) is 65.0 Å². The van der Waals surface area contributed by atoms with Crippen molar-refractivity contribution in [2.45, 2.75) is 47.5 Å². The van der Waals surface area contributed by atoms with Crippen LogP contribution in [0, 0.1) is 31.5 Å². The summed E-state index contributed by atoms with van der Waals surface area (Å²) in [5.74, 6) is 1.50. The zero-order valence-electron chi connectivity index (χ0n) is 20.9. The van der Waals surface area contributed by atoms with Crippen molar-refractivity contribution < 1.29 is 8.96 Å². The van der Waals surface area contributed by atoms with E-state index in [4.69, 9.17) is 0 Å². The monoisotopic (exact) mass is 440 g/mol. The molecular formula is C31H35FN+. The van der Waals surface area contributed by atoms with Crippen molar-refractivity contribution in [1.82, 2.24) is 0 Å². The van der Waals surface area contributed by atoms with Crippen LogP contribution in [0.3, 0.4) is 0 Å². The van der Waals surface area contributed by atoms with Gasteiger partial charge in [-0.1, -0.05) is 70.2 Å². The molecule has 0 spiro atoms. The van der Waals surface area contributed by atoms with E-state index in [-0.39, 0.29) is 5.82 Å². The Morgan fingerprint density at radius 1 is 0.758 bits per heavy atom. The van der Waals surface area contributed by atoms with Gasteiger partial charge in [0, 0.05) is 18.6 Å². The van der Waals surface area contributed by atoms with Gasteiger partial charge in [0.25, 0.3) is 0 Å². The Labute approximate surface area is 197 Å². The Hall–Kier alpha value is -3.00. The number of pyridine rings is 1. The topological polar surface area (TPSA) is 3.88 Å². The molecule has 0 aliphatic carbocycles. The lowest BCUT2D eigenvalue weighted by Crippen LogP contribution is -2.35. The summed E-state index contributed by atoms with van der Waals surface area (Å²) >= 11 is 0. The van der Waals surface area contributed by atoms with Crippen LogP contribution in [0.25, 0.3) is 33.2 Å². The molecule has 4 aromatic rings. The van der Waals surface area contributed by atoms with Crippen LogP contribution in [-0.4, -0.2) is 0 Å². The molecule has 0 saturated carbocycles. The number of aryl methyl sites for hydroxylation is 2. The lowest BCUT2D eigenvalue weighted by atomic mass is 9.79. The minimum absolute atomic E-state index is 0.180. The van der Waals surface area contributed by atoms with Crippen molar-refractivity contribution in [3.63, 3.8) is 0 Å². The number of rotatable bonds is 5. The molecule has 0 saturated heterocycles. The van der Waals surface area contributed by atoms with Gasteiger partial charge in [-0.15, -0.1) is 0 Å². The van der Waals surface area contributed by atoms with Crippen molar-refractivity contribution in [2.75, 3.05) is 0 Å². The second-order valence-corrected chi connectivity index (χ2v) is 10.1. The van der Waals surface area contributed by atoms with Crippen molar-refractivity contribution in [3.05, 3.63) is 89.4 Å². The molecule has 170 valence electrons. The Morgan fingerprint density at radius 3 is 2.06 bits per heavy atom. The van der Waals surface area contributed by atoms with Crippen LogP contribution < -0.4 is 4.57 Å². The first-order valence-electron chi connectivity index (χ1n) is 12.0. The average Bonchev–Trinajstić information content (AvgIpc) is 2.76. The molecule has 3 aromatic carbocycles. The molecule has 4 rings (SSSR count). The van der Waals surface area contributed by atoms with Crippen molar-refractivity contribution in [1.29, 1.82) is 0 Å². The maximum absolute atomic E-state index is 15.0. The summed E-state index contributed by atoms with van der Waals surface area (Å²) in [6.45, 7) is 13.4. The Kier molecular flexibility index (Phi) is 6.38. The molecule has 33 heavy (non-hydrogen) atoms. The van der Waals surface area contributed by atoms with Gasteiger partial charge < -0.3 is 0 Å². The molecule has 0 fully saturated rings. The number of nitrogens with zero attached hydrogens (tertiary/aromatic N) is 1. The largest absolute Gasteiger partial charge is 0.220 e. The third kappa shape index (κ3) is 4.31. The van der Waals surface area contributed by atoms with Crippen LogP contribution in [0.1, 0.15) is 50.4 Å². The summed E-state index contributed by atoms with van der Waals surface area (Å²) in [5, 5.41) is 2.45. The van der Waals surface area contributed by atoms with Crippen LogP contribution in [-0.2, 0) is 7.05 Å². The molecule has 2 heteroatoms. The summed E-state index contributed by atoms with van der Waals surface area (Å²) < 4.78 is 17.2. The number of hydrogen-bond donors (Lipinski definition) is 0. The summed E-state index contributed by atoms with van der Waals surface area (Å²) in [6, 6.07) is 22.7. The lowest BCUT2D eigenvalue weighted by molar-refractivity contribution is -0.665. The van der Waals surface area contributed by atoms with Gasteiger partial charge in [0.05, 0.1) is 10.9 Å². The lowest BCUT2D eigenvalue weighted by Gasteiger charge is -2.25. The standard InChI is InChI=1S/C31H35FN/c1-19(2)30(20(3)4)24-13-14-26-25(17-24)16-22(6)33(7)31(26)27-18-28(29(32)15-21(27)5)23-11-9-8-10-12-23/h8-20,30H,1-7H3/q+1. The zero-order valence-corrected chi connectivity index (χ0v) is 20.9. The van der Waals surface area contributed by atoms with Crippen molar-refractivity contribution in [3.8, 4) is 22.4 Å². The summed E-state index contributed by atoms with van der Waals surface area (Å²) in [7, 11) is 2.11. The highest BCUT2D eigenvalue weighted by Crippen LogP contribution is 2.37.